The molecule has 164 valence electrons. The van der Waals surface area contributed by atoms with E-state index in [1.807, 2.05) is 12.1 Å². The Bertz CT molecular complexity index is 1080. The summed E-state index contributed by atoms with van der Waals surface area (Å²) in [5, 5.41) is 1.69. The van der Waals surface area contributed by atoms with Crippen LogP contribution in [0.5, 0.6) is 0 Å². The molecule has 0 heterocycles. The first kappa shape index (κ1) is 29.4. The van der Waals surface area contributed by atoms with Crippen LogP contribution in [-0.4, -0.2) is 6.88 Å². The second-order valence-electron chi connectivity index (χ2n) is 6.88. The van der Waals surface area contributed by atoms with Gasteiger partial charge in [0.1, 0.15) is 5.82 Å². The van der Waals surface area contributed by atoms with Crippen LogP contribution in [0.15, 0.2) is 65.3 Å². The molecule has 0 aliphatic heterocycles. The van der Waals surface area contributed by atoms with Crippen molar-refractivity contribution in [2.45, 2.75) is 27.7 Å². The third-order valence-corrected chi connectivity index (χ3v) is 5.20. The van der Waals surface area contributed by atoms with Gasteiger partial charge in [-0.15, -0.1) is 53.6 Å². The van der Waals surface area contributed by atoms with Crippen molar-refractivity contribution in [3.8, 4) is 11.1 Å². The quantitative estimate of drug-likeness (QED) is 0.176. The number of hydrogen-bond acceptors (Lipinski definition) is 0. The van der Waals surface area contributed by atoms with E-state index in [2.05, 4.69) is 40.7 Å². The van der Waals surface area contributed by atoms with Crippen LogP contribution < -0.4 is 0 Å². The molecule has 1 unspecified atom stereocenters. The van der Waals surface area contributed by atoms with Crippen LogP contribution in [0.1, 0.15) is 27.7 Å². The summed E-state index contributed by atoms with van der Waals surface area (Å²) in [6.07, 6.45) is 3.36. The molecule has 0 saturated heterocycles. The third-order valence-electron chi connectivity index (χ3n) is 5.20. The number of halogens is 3. The zero-order chi connectivity index (χ0) is 21.7. The van der Waals surface area contributed by atoms with Crippen LogP contribution in [0.2, 0.25) is 0 Å². The Morgan fingerprint density at radius 2 is 1.58 bits per heavy atom. The van der Waals surface area contributed by atoms with E-state index in [9.17, 15) is 13.2 Å². The van der Waals surface area contributed by atoms with Crippen molar-refractivity contribution in [3.05, 3.63) is 104 Å². The van der Waals surface area contributed by atoms with Crippen LogP contribution in [0.3, 0.4) is 0 Å². The Balaban J connectivity index is 0.000000595. The molecule has 3 aromatic carbocycles. The van der Waals surface area contributed by atoms with E-state index >= 15 is 0 Å². The molecule has 0 amide bonds. The van der Waals surface area contributed by atoms with Gasteiger partial charge >= 0.3 is 30.2 Å². The maximum atomic E-state index is 13.7. The van der Waals surface area contributed by atoms with E-state index in [4.69, 9.17) is 0 Å². The van der Waals surface area contributed by atoms with E-state index in [0.717, 1.165) is 16.8 Å². The number of fused-ring (bicyclic) bond motifs is 1. The van der Waals surface area contributed by atoms with Gasteiger partial charge in [-0.3, -0.25) is 6.08 Å². The van der Waals surface area contributed by atoms with Crippen molar-refractivity contribution in [2.24, 2.45) is 5.92 Å². The molecule has 0 saturated carbocycles. The predicted molar refractivity (Wildman–Crippen MR) is 123 cm³/mol. The van der Waals surface area contributed by atoms with Gasteiger partial charge in [0.2, 0.25) is 0 Å². The number of allylic oxidation sites excluding steroid dienone is 4. The summed E-state index contributed by atoms with van der Waals surface area (Å²) in [7, 11) is 0. The fourth-order valence-corrected chi connectivity index (χ4v) is 3.30. The van der Waals surface area contributed by atoms with Crippen LogP contribution in [0, 0.1) is 44.3 Å². The van der Waals surface area contributed by atoms with Crippen molar-refractivity contribution in [1.82, 2.24) is 0 Å². The minimum atomic E-state index is -1.17. The average Bonchev–Trinajstić information content (AvgIpc) is 3.24. The molecule has 0 fully saturated rings. The molecule has 0 nitrogen and oxygen atoms in total. The summed E-state index contributed by atoms with van der Waals surface area (Å²) in [6, 6.07) is 12.4. The summed E-state index contributed by atoms with van der Waals surface area (Å²) < 4.78 is 40.1. The van der Waals surface area contributed by atoms with Gasteiger partial charge in [0.05, 0.1) is 0 Å². The van der Waals surface area contributed by atoms with Gasteiger partial charge in [-0.1, -0.05) is 32.8 Å². The molecule has 3 aromatic rings. The monoisotopic (exact) mass is 514 g/mol. The van der Waals surface area contributed by atoms with Crippen molar-refractivity contribution in [2.75, 3.05) is 0 Å². The van der Waals surface area contributed by atoms with Gasteiger partial charge in [0.15, 0.2) is 11.6 Å². The topological polar surface area (TPSA) is 0 Å². The molecule has 0 N–H and O–H groups in total. The molecule has 0 aromatic heterocycles. The zero-order valence-electron chi connectivity index (χ0n) is 18.8. The molecule has 5 heteroatoms. The van der Waals surface area contributed by atoms with Crippen LogP contribution in [-0.2, 0) is 23.3 Å². The van der Waals surface area contributed by atoms with Gasteiger partial charge in [-0.2, -0.15) is 11.1 Å². The Kier molecular flexibility index (Phi) is 12.4. The Hall–Kier alpha value is -1.58. The van der Waals surface area contributed by atoms with Gasteiger partial charge < -0.3 is 14.9 Å². The molecule has 1 aliphatic carbocycles. The molecule has 2 radical (unpaired) electrons. The second-order valence-corrected chi connectivity index (χ2v) is 6.88. The molecule has 0 spiro atoms. The first-order chi connectivity index (χ1) is 13.8. The van der Waals surface area contributed by atoms with Crippen molar-refractivity contribution in [1.29, 1.82) is 0 Å². The summed E-state index contributed by atoms with van der Waals surface area (Å²) in [5.74, 6) is -2.41. The van der Waals surface area contributed by atoms with Gasteiger partial charge in [0.25, 0.3) is 0 Å². The molecule has 0 bridgehead atoms. The summed E-state index contributed by atoms with van der Waals surface area (Å²) in [5.41, 5.74) is 4.70. The van der Waals surface area contributed by atoms with E-state index in [-0.39, 0.29) is 20.4 Å². The normalized spacial score (nSPS) is 14.4. The predicted octanol–water partition coefficient (Wildman–Crippen LogP) is 7.88. The first-order valence-corrected chi connectivity index (χ1v) is 13.3. The van der Waals surface area contributed by atoms with E-state index in [1.165, 1.54) is 40.1 Å². The van der Waals surface area contributed by atoms with Crippen molar-refractivity contribution < 1.29 is 36.5 Å². The van der Waals surface area contributed by atoms with Gasteiger partial charge in [-0.05, 0) is 11.6 Å². The van der Waals surface area contributed by atoms with E-state index in [1.54, 1.807) is 24.3 Å². The van der Waals surface area contributed by atoms with Crippen molar-refractivity contribution >= 4 is 17.7 Å². The number of benzene rings is 2. The van der Waals surface area contributed by atoms with E-state index in [0.29, 0.717) is 17.5 Å². The summed E-state index contributed by atoms with van der Waals surface area (Å²) >= 11 is 1.36. The third kappa shape index (κ3) is 6.70. The molecule has 4 rings (SSSR count). The Morgan fingerprint density at radius 1 is 0.968 bits per heavy atom. The molecule has 1 aliphatic rings. The Labute approximate surface area is 201 Å². The van der Waals surface area contributed by atoms with Crippen LogP contribution in [0.25, 0.3) is 21.9 Å². The summed E-state index contributed by atoms with van der Waals surface area (Å²) in [6.45, 7) is 11.7. The second kappa shape index (κ2) is 13.1. The van der Waals surface area contributed by atoms with Crippen LogP contribution >= 0.6 is 0 Å². The van der Waals surface area contributed by atoms with E-state index < -0.39 is 17.5 Å². The fraction of sp³-hybridized carbons (Fsp3) is 0.192. The first-order valence-electron chi connectivity index (χ1n) is 9.11. The molecule has 31 heavy (non-hydrogen) atoms. The SMILES string of the molecule is CC1=[C-]C(C)C(C)=C1C.Fc1cc(F)c(F)c(-c2c[cH-]c3ccccc23)c1.[CH3-].[CH3-].[Si]=[Zr]. The fourth-order valence-electron chi connectivity index (χ4n) is 3.30. The van der Waals surface area contributed by atoms with Gasteiger partial charge in [-0.25, -0.2) is 18.7 Å². The van der Waals surface area contributed by atoms with Gasteiger partial charge in [0, 0.05) is 6.07 Å². The molecule has 1 atom stereocenters. The number of rotatable bonds is 1. The number of hydrogen-bond donors (Lipinski definition) is 0. The van der Waals surface area contributed by atoms with Crippen LogP contribution in [0.4, 0.5) is 13.2 Å². The maximum absolute atomic E-state index is 13.7. The Morgan fingerprint density at radius 3 is 2.10 bits per heavy atom. The molecular weight excluding hydrogens is 489 g/mol. The average molecular weight is 516 g/mol. The standard InChI is InChI=1S/C15H8F3.C9H13.2CH3.Si.Zr/c16-10-7-13(15(18)14(17)8-10)12-6-5-9-3-1-2-4-11(9)12;1-6-5-7(2)9(4)8(6)3;;;;/h1-8H;6H,1-4H3;2*1H3;;/q4*-1;;. The molecular formula is C26H27F3SiZr-4. The zero-order valence-corrected chi connectivity index (χ0v) is 22.3. The minimum absolute atomic E-state index is 0. The van der Waals surface area contributed by atoms with Crippen molar-refractivity contribution in [3.63, 3.8) is 0 Å². The summed E-state index contributed by atoms with van der Waals surface area (Å²) in [4.78, 5) is 0.